The molecule has 1 aliphatic rings. The maximum atomic E-state index is 12.0. The van der Waals surface area contributed by atoms with Gasteiger partial charge in [-0.05, 0) is 19.1 Å². The number of esters is 1. The molecule has 5 heteroatoms. The standard InChI is InChI=1S/C12H12ClNO3/c1-3-14-10-6-8(13)4-5-9(10)11(12(14)16)17-7(2)15/h4-6,11H,3H2,1-2H3. The van der Waals surface area contributed by atoms with Crippen LogP contribution in [0.15, 0.2) is 18.2 Å². The molecule has 1 amide bonds. The fraction of sp³-hybridized carbons (Fsp3) is 0.333. The van der Waals surface area contributed by atoms with Crippen LogP contribution in [-0.4, -0.2) is 18.4 Å². The Morgan fingerprint density at radius 1 is 1.53 bits per heavy atom. The number of carbonyl (C=O) groups is 2. The van der Waals surface area contributed by atoms with Crippen LogP contribution in [-0.2, 0) is 14.3 Å². The van der Waals surface area contributed by atoms with E-state index in [9.17, 15) is 9.59 Å². The highest BCUT2D eigenvalue weighted by Gasteiger charge is 2.38. The van der Waals surface area contributed by atoms with Crippen LogP contribution in [0, 0.1) is 0 Å². The van der Waals surface area contributed by atoms with Crippen LogP contribution in [0.4, 0.5) is 5.69 Å². The van der Waals surface area contributed by atoms with Crippen molar-refractivity contribution >= 4 is 29.2 Å². The lowest BCUT2D eigenvalue weighted by Gasteiger charge is -2.14. The average molecular weight is 254 g/mol. The van der Waals surface area contributed by atoms with Crippen molar-refractivity contribution in [3.8, 4) is 0 Å². The van der Waals surface area contributed by atoms with Crippen molar-refractivity contribution in [2.45, 2.75) is 20.0 Å². The highest BCUT2D eigenvalue weighted by molar-refractivity contribution is 6.31. The summed E-state index contributed by atoms with van der Waals surface area (Å²) in [6.45, 7) is 3.67. The van der Waals surface area contributed by atoms with E-state index < -0.39 is 12.1 Å². The molecule has 4 nitrogen and oxygen atoms in total. The first-order valence-electron chi connectivity index (χ1n) is 5.32. The first-order valence-corrected chi connectivity index (χ1v) is 5.70. The molecule has 0 spiro atoms. The number of ether oxygens (including phenoxy) is 1. The Kier molecular flexibility index (Phi) is 3.07. The fourth-order valence-electron chi connectivity index (χ4n) is 1.97. The molecule has 0 N–H and O–H groups in total. The van der Waals surface area contributed by atoms with Crippen LogP contribution < -0.4 is 4.90 Å². The highest BCUT2D eigenvalue weighted by Crippen LogP contribution is 2.39. The van der Waals surface area contributed by atoms with E-state index in [4.69, 9.17) is 16.3 Å². The zero-order valence-electron chi connectivity index (χ0n) is 9.57. The number of nitrogens with zero attached hydrogens (tertiary/aromatic N) is 1. The van der Waals surface area contributed by atoms with Gasteiger partial charge in [-0.15, -0.1) is 0 Å². The molecule has 90 valence electrons. The molecule has 1 aliphatic heterocycles. The van der Waals surface area contributed by atoms with Crippen LogP contribution in [0.25, 0.3) is 0 Å². The number of halogens is 1. The monoisotopic (exact) mass is 253 g/mol. The molecule has 1 unspecified atom stereocenters. The minimum absolute atomic E-state index is 0.222. The normalized spacial score (nSPS) is 18.2. The summed E-state index contributed by atoms with van der Waals surface area (Å²) in [5.74, 6) is -0.692. The molecule has 0 radical (unpaired) electrons. The summed E-state index contributed by atoms with van der Waals surface area (Å²) in [5.41, 5.74) is 1.41. The van der Waals surface area contributed by atoms with Crippen molar-refractivity contribution in [1.82, 2.24) is 0 Å². The molecular weight excluding hydrogens is 242 g/mol. The van der Waals surface area contributed by atoms with Crippen LogP contribution in [0.1, 0.15) is 25.5 Å². The second-order valence-electron chi connectivity index (χ2n) is 3.78. The Morgan fingerprint density at radius 2 is 2.24 bits per heavy atom. The van der Waals surface area contributed by atoms with Gasteiger partial charge in [0.15, 0.2) is 0 Å². The average Bonchev–Trinajstić information content (AvgIpc) is 2.50. The summed E-state index contributed by atoms with van der Waals surface area (Å²) < 4.78 is 5.05. The molecule has 2 rings (SSSR count). The lowest BCUT2D eigenvalue weighted by atomic mass is 10.1. The minimum Gasteiger partial charge on any atom is -0.447 e. The number of likely N-dealkylation sites (N-methyl/N-ethyl adjacent to an activating group) is 1. The Balaban J connectivity index is 2.46. The van der Waals surface area contributed by atoms with Crippen molar-refractivity contribution < 1.29 is 14.3 Å². The van der Waals surface area contributed by atoms with Crippen molar-refractivity contribution in [2.75, 3.05) is 11.4 Å². The van der Waals surface area contributed by atoms with Gasteiger partial charge >= 0.3 is 5.97 Å². The number of fused-ring (bicyclic) bond motifs is 1. The van der Waals surface area contributed by atoms with Gasteiger partial charge in [-0.1, -0.05) is 17.7 Å². The minimum atomic E-state index is -0.834. The molecule has 1 atom stereocenters. The van der Waals surface area contributed by atoms with E-state index in [-0.39, 0.29) is 5.91 Å². The summed E-state index contributed by atoms with van der Waals surface area (Å²) in [5, 5.41) is 0.554. The van der Waals surface area contributed by atoms with E-state index in [2.05, 4.69) is 0 Å². The van der Waals surface area contributed by atoms with Crippen LogP contribution in [0.3, 0.4) is 0 Å². The Hall–Kier alpha value is -1.55. The summed E-state index contributed by atoms with van der Waals surface area (Å²) in [4.78, 5) is 24.6. The third kappa shape index (κ3) is 2.00. The van der Waals surface area contributed by atoms with Gasteiger partial charge in [-0.2, -0.15) is 0 Å². The van der Waals surface area contributed by atoms with E-state index in [1.165, 1.54) is 6.92 Å². The maximum absolute atomic E-state index is 12.0. The van der Waals surface area contributed by atoms with Gasteiger partial charge in [0.1, 0.15) is 0 Å². The number of benzene rings is 1. The van der Waals surface area contributed by atoms with Crippen LogP contribution in [0.5, 0.6) is 0 Å². The molecule has 0 saturated carbocycles. The van der Waals surface area contributed by atoms with Gasteiger partial charge in [-0.25, -0.2) is 0 Å². The van der Waals surface area contributed by atoms with Crippen molar-refractivity contribution in [3.63, 3.8) is 0 Å². The SMILES string of the molecule is CCN1C(=O)C(OC(C)=O)c2ccc(Cl)cc21. The predicted molar refractivity (Wildman–Crippen MR) is 64.0 cm³/mol. The predicted octanol–water partition coefficient (Wildman–Crippen LogP) is 2.31. The number of anilines is 1. The molecular formula is C12H12ClNO3. The van der Waals surface area contributed by atoms with E-state index in [0.717, 1.165) is 5.69 Å². The molecule has 0 aliphatic carbocycles. The van der Waals surface area contributed by atoms with E-state index in [1.54, 1.807) is 23.1 Å². The van der Waals surface area contributed by atoms with Gasteiger partial charge in [0.05, 0.1) is 5.69 Å². The van der Waals surface area contributed by atoms with Gasteiger partial charge in [-0.3, -0.25) is 9.59 Å². The molecule has 1 heterocycles. The van der Waals surface area contributed by atoms with Crippen LogP contribution in [0.2, 0.25) is 5.02 Å². The molecule has 0 bridgehead atoms. The largest absolute Gasteiger partial charge is 0.447 e. The van der Waals surface area contributed by atoms with E-state index in [1.807, 2.05) is 6.92 Å². The maximum Gasteiger partial charge on any atom is 0.303 e. The molecule has 0 aromatic heterocycles. The number of hydrogen-bond donors (Lipinski definition) is 0. The quantitative estimate of drug-likeness (QED) is 0.760. The van der Waals surface area contributed by atoms with Gasteiger partial charge in [0.2, 0.25) is 6.10 Å². The number of hydrogen-bond acceptors (Lipinski definition) is 3. The number of rotatable bonds is 2. The zero-order valence-corrected chi connectivity index (χ0v) is 10.3. The third-order valence-corrected chi connectivity index (χ3v) is 2.89. The molecule has 0 saturated heterocycles. The first-order chi connectivity index (χ1) is 8.04. The fourth-order valence-corrected chi connectivity index (χ4v) is 2.14. The topological polar surface area (TPSA) is 46.6 Å². The molecule has 0 fully saturated rings. The lowest BCUT2D eigenvalue weighted by Crippen LogP contribution is -2.29. The van der Waals surface area contributed by atoms with Crippen molar-refractivity contribution in [2.24, 2.45) is 0 Å². The second kappa shape index (κ2) is 4.37. The molecule has 1 aromatic carbocycles. The van der Waals surface area contributed by atoms with Crippen molar-refractivity contribution in [3.05, 3.63) is 28.8 Å². The summed E-state index contributed by atoms with van der Waals surface area (Å²) >= 11 is 5.90. The van der Waals surface area contributed by atoms with Crippen LogP contribution >= 0.6 is 11.6 Å². The highest BCUT2D eigenvalue weighted by atomic mass is 35.5. The van der Waals surface area contributed by atoms with Gasteiger partial charge in [0, 0.05) is 24.1 Å². The Labute approximate surface area is 104 Å². The Bertz CT molecular complexity index is 487. The zero-order chi connectivity index (χ0) is 12.6. The Morgan fingerprint density at radius 3 is 2.82 bits per heavy atom. The van der Waals surface area contributed by atoms with Gasteiger partial charge in [0.25, 0.3) is 5.91 Å². The number of carbonyl (C=O) groups excluding carboxylic acids is 2. The van der Waals surface area contributed by atoms with Crippen molar-refractivity contribution in [1.29, 1.82) is 0 Å². The lowest BCUT2D eigenvalue weighted by molar-refractivity contribution is -0.152. The summed E-state index contributed by atoms with van der Waals surface area (Å²) in [7, 11) is 0. The third-order valence-electron chi connectivity index (χ3n) is 2.66. The number of amides is 1. The smallest absolute Gasteiger partial charge is 0.303 e. The summed E-state index contributed by atoms with van der Waals surface area (Å²) in [6.07, 6.45) is -0.834. The summed E-state index contributed by atoms with van der Waals surface area (Å²) in [6, 6.07) is 5.12. The second-order valence-corrected chi connectivity index (χ2v) is 4.21. The molecule has 1 aromatic rings. The van der Waals surface area contributed by atoms with E-state index in [0.29, 0.717) is 17.1 Å². The van der Waals surface area contributed by atoms with E-state index >= 15 is 0 Å². The molecule has 17 heavy (non-hydrogen) atoms. The van der Waals surface area contributed by atoms with Gasteiger partial charge < -0.3 is 9.64 Å². The first kappa shape index (κ1) is 11.9.